The number of nitrogens with one attached hydrogen (secondary N) is 1. The second kappa shape index (κ2) is 6.68. The van der Waals surface area contributed by atoms with Gasteiger partial charge < -0.3 is 5.11 Å². The van der Waals surface area contributed by atoms with Crippen LogP contribution in [0.25, 0.3) is 0 Å². The van der Waals surface area contributed by atoms with Gasteiger partial charge in [-0.2, -0.15) is 12.7 Å². The summed E-state index contributed by atoms with van der Waals surface area (Å²) >= 11 is 0. The SMILES string of the molecule is CC(CCO)CNS(=O)(=O)N1CCCC(C)C1. The van der Waals surface area contributed by atoms with E-state index >= 15 is 0 Å². The van der Waals surface area contributed by atoms with Gasteiger partial charge in [0.25, 0.3) is 10.2 Å². The molecule has 0 bridgehead atoms. The lowest BCUT2D eigenvalue weighted by Crippen LogP contribution is -2.46. The van der Waals surface area contributed by atoms with Crippen molar-refractivity contribution in [2.45, 2.75) is 33.1 Å². The molecule has 0 amide bonds. The van der Waals surface area contributed by atoms with Crippen LogP contribution in [-0.4, -0.2) is 44.1 Å². The first-order valence-electron chi connectivity index (χ1n) is 6.31. The Labute approximate surface area is 104 Å². The number of aliphatic hydroxyl groups excluding tert-OH is 1. The molecule has 0 aromatic heterocycles. The number of piperidine rings is 1. The minimum Gasteiger partial charge on any atom is -0.396 e. The molecule has 6 heteroatoms. The van der Waals surface area contributed by atoms with Crippen LogP contribution in [0, 0.1) is 11.8 Å². The van der Waals surface area contributed by atoms with Gasteiger partial charge in [0.15, 0.2) is 0 Å². The predicted molar refractivity (Wildman–Crippen MR) is 67.8 cm³/mol. The second-order valence-electron chi connectivity index (χ2n) is 5.08. The van der Waals surface area contributed by atoms with Crippen LogP contribution in [0.15, 0.2) is 0 Å². The van der Waals surface area contributed by atoms with E-state index < -0.39 is 10.2 Å². The number of hydrogen-bond donors (Lipinski definition) is 2. The van der Waals surface area contributed by atoms with Crippen LogP contribution in [-0.2, 0) is 10.2 Å². The average molecular weight is 264 g/mol. The van der Waals surface area contributed by atoms with E-state index in [1.54, 1.807) is 0 Å². The van der Waals surface area contributed by atoms with Crippen LogP contribution in [0.4, 0.5) is 0 Å². The van der Waals surface area contributed by atoms with Crippen molar-refractivity contribution in [3.8, 4) is 0 Å². The zero-order valence-electron chi connectivity index (χ0n) is 10.7. The Bertz CT molecular complexity index is 319. The summed E-state index contributed by atoms with van der Waals surface area (Å²) in [4.78, 5) is 0. The predicted octanol–water partition coefficient (Wildman–Crippen LogP) is 0.571. The molecule has 1 rings (SSSR count). The summed E-state index contributed by atoms with van der Waals surface area (Å²) in [6.07, 6.45) is 2.67. The summed E-state index contributed by atoms with van der Waals surface area (Å²) in [6, 6.07) is 0. The number of nitrogens with zero attached hydrogens (tertiary/aromatic N) is 1. The third kappa shape index (κ3) is 4.91. The largest absolute Gasteiger partial charge is 0.396 e. The molecule has 0 saturated carbocycles. The minimum absolute atomic E-state index is 0.101. The van der Waals surface area contributed by atoms with E-state index in [9.17, 15) is 8.42 Å². The zero-order chi connectivity index (χ0) is 12.9. The van der Waals surface area contributed by atoms with Crippen molar-refractivity contribution in [2.75, 3.05) is 26.2 Å². The standard InChI is InChI=1S/C11H24N2O3S/c1-10(5-7-14)8-12-17(15,16)13-6-3-4-11(2)9-13/h10-12,14H,3-9H2,1-2H3. The minimum atomic E-state index is -3.33. The molecule has 0 spiro atoms. The van der Waals surface area contributed by atoms with Crippen molar-refractivity contribution in [3.63, 3.8) is 0 Å². The van der Waals surface area contributed by atoms with Crippen molar-refractivity contribution < 1.29 is 13.5 Å². The average Bonchev–Trinajstić information content (AvgIpc) is 2.27. The lowest BCUT2D eigenvalue weighted by Gasteiger charge is -2.30. The van der Waals surface area contributed by atoms with Crippen molar-refractivity contribution in [1.29, 1.82) is 0 Å². The monoisotopic (exact) mass is 264 g/mol. The Balaban J connectivity index is 2.44. The smallest absolute Gasteiger partial charge is 0.279 e. The summed E-state index contributed by atoms with van der Waals surface area (Å²) in [6.45, 7) is 5.74. The molecule has 2 atom stereocenters. The maximum absolute atomic E-state index is 12.0. The van der Waals surface area contributed by atoms with Crippen LogP contribution in [0.1, 0.15) is 33.1 Å². The molecule has 2 N–H and O–H groups in total. The Hall–Kier alpha value is -0.170. The first-order valence-corrected chi connectivity index (χ1v) is 7.75. The van der Waals surface area contributed by atoms with Gasteiger partial charge in [0.2, 0.25) is 0 Å². The van der Waals surface area contributed by atoms with Gasteiger partial charge in [-0.15, -0.1) is 0 Å². The van der Waals surface area contributed by atoms with E-state index in [-0.39, 0.29) is 12.5 Å². The van der Waals surface area contributed by atoms with Gasteiger partial charge in [0.1, 0.15) is 0 Å². The normalized spacial score (nSPS) is 24.8. The first kappa shape index (κ1) is 14.9. The second-order valence-corrected chi connectivity index (χ2v) is 6.83. The maximum atomic E-state index is 12.0. The molecule has 1 aliphatic rings. The first-order chi connectivity index (χ1) is 7.95. The van der Waals surface area contributed by atoms with Crippen LogP contribution in [0.5, 0.6) is 0 Å². The van der Waals surface area contributed by atoms with Gasteiger partial charge in [0.05, 0.1) is 0 Å². The third-order valence-corrected chi connectivity index (χ3v) is 4.74. The highest BCUT2D eigenvalue weighted by molar-refractivity contribution is 7.87. The molecule has 1 fully saturated rings. The molecule has 0 aliphatic carbocycles. The number of hydrogen-bond acceptors (Lipinski definition) is 3. The van der Waals surface area contributed by atoms with E-state index in [1.807, 2.05) is 6.92 Å². The van der Waals surface area contributed by atoms with Gasteiger partial charge in [-0.05, 0) is 31.1 Å². The summed E-state index contributed by atoms with van der Waals surface area (Å²) in [7, 11) is -3.33. The van der Waals surface area contributed by atoms with Crippen LogP contribution in [0.3, 0.4) is 0 Å². The molecule has 17 heavy (non-hydrogen) atoms. The van der Waals surface area contributed by atoms with Crippen LogP contribution >= 0.6 is 0 Å². The molecule has 5 nitrogen and oxygen atoms in total. The van der Waals surface area contributed by atoms with E-state index in [4.69, 9.17) is 5.11 Å². The highest BCUT2D eigenvalue weighted by Crippen LogP contribution is 2.17. The maximum Gasteiger partial charge on any atom is 0.279 e. The molecule has 1 heterocycles. The van der Waals surface area contributed by atoms with E-state index in [0.29, 0.717) is 32.0 Å². The summed E-state index contributed by atoms with van der Waals surface area (Å²) in [5.74, 6) is 0.604. The Morgan fingerprint density at radius 1 is 1.53 bits per heavy atom. The summed E-state index contributed by atoms with van der Waals surface area (Å²) < 4.78 is 28.1. The summed E-state index contributed by atoms with van der Waals surface area (Å²) in [5, 5.41) is 8.76. The van der Waals surface area contributed by atoms with Gasteiger partial charge in [-0.25, -0.2) is 4.72 Å². The molecule has 0 aromatic rings. The Kier molecular flexibility index (Phi) is 5.85. The number of aliphatic hydroxyl groups is 1. The lowest BCUT2D eigenvalue weighted by molar-refractivity contribution is 0.259. The van der Waals surface area contributed by atoms with Crippen molar-refractivity contribution in [1.82, 2.24) is 9.03 Å². The molecule has 0 aromatic carbocycles. The molecule has 1 saturated heterocycles. The van der Waals surface area contributed by atoms with E-state index in [1.165, 1.54) is 4.31 Å². The zero-order valence-corrected chi connectivity index (χ0v) is 11.5. The molecular weight excluding hydrogens is 240 g/mol. The van der Waals surface area contributed by atoms with Crippen LogP contribution in [0.2, 0.25) is 0 Å². The van der Waals surface area contributed by atoms with Gasteiger partial charge >= 0.3 is 0 Å². The highest BCUT2D eigenvalue weighted by Gasteiger charge is 2.26. The fourth-order valence-electron chi connectivity index (χ4n) is 2.03. The molecule has 1 aliphatic heterocycles. The quantitative estimate of drug-likeness (QED) is 0.737. The number of rotatable bonds is 6. The Morgan fingerprint density at radius 3 is 2.82 bits per heavy atom. The van der Waals surface area contributed by atoms with Crippen LogP contribution < -0.4 is 4.72 Å². The highest BCUT2D eigenvalue weighted by atomic mass is 32.2. The fourth-order valence-corrected chi connectivity index (χ4v) is 3.52. The molecule has 102 valence electrons. The van der Waals surface area contributed by atoms with Gasteiger partial charge in [-0.1, -0.05) is 13.8 Å². The van der Waals surface area contributed by atoms with Crippen molar-refractivity contribution in [2.24, 2.45) is 11.8 Å². The van der Waals surface area contributed by atoms with Crippen molar-refractivity contribution in [3.05, 3.63) is 0 Å². The van der Waals surface area contributed by atoms with E-state index in [0.717, 1.165) is 12.8 Å². The molecule has 2 unspecified atom stereocenters. The summed E-state index contributed by atoms with van der Waals surface area (Å²) in [5.41, 5.74) is 0. The fraction of sp³-hybridized carbons (Fsp3) is 1.00. The Morgan fingerprint density at radius 2 is 2.24 bits per heavy atom. The van der Waals surface area contributed by atoms with E-state index in [2.05, 4.69) is 11.6 Å². The lowest BCUT2D eigenvalue weighted by atomic mass is 10.0. The third-order valence-electron chi connectivity index (χ3n) is 3.20. The van der Waals surface area contributed by atoms with Gasteiger partial charge in [-0.3, -0.25) is 0 Å². The molecular formula is C11H24N2O3S. The van der Waals surface area contributed by atoms with Crippen molar-refractivity contribution >= 4 is 10.2 Å². The van der Waals surface area contributed by atoms with Gasteiger partial charge in [0, 0.05) is 26.2 Å². The topological polar surface area (TPSA) is 69.6 Å². The molecule has 0 radical (unpaired) electrons.